The molecule has 0 heterocycles. The lowest BCUT2D eigenvalue weighted by Gasteiger charge is -2.08. The second-order valence-corrected chi connectivity index (χ2v) is 3.21. The fourth-order valence-electron chi connectivity index (χ4n) is 0.954. The van der Waals surface area contributed by atoms with Crippen LogP contribution in [0.5, 0.6) is 0 Å². The van der Waals surface area contributed by atoms with E-state index < -0.39 is 22.7 Å². The third-order valence-corrected chi connectivity index (χ3v) is 1.93. The first-order valence-corrected chi connectivity index (χ1v) is 4.36. The van der Waals surface area contributed by atoms with Crippen LogP contribution in [0.3, 0.4) is 0 Å². The molecular weight excluding hydrogens is 243 g/mol. The van der Waals surface area contributed by atoms with Gasteiger partial charge in [0.15, 0.2) is 0 Å². The van der Waals surface area contributed by atoms with E-state index in [-0.39, 0.29) is 5.56 Å². The highest BCUT2D eigenvalue weighted by molar-refractivity contribution is 6.31. The molecule has 6 heteroatoms. The number of amides is 1. The Morgan fingerprint density at radius 3 is 2.50 bits per heavy atom. The summed E-state index contributed by atoms with van der Waals surface area (Å²) in [4.78, 5) is 10.3. The summed E-state index contributed by atoms with van der Waals surface area (Å²) in [6, 6.07) is 3.10. The third kappa shape index (κ3) is 3.17. The fourth-order valence-corrected chi connectivity index (χ4v) is 1.18. The minimum Gasteiger partial charge on any atom is -0.359 e. The average Bonchev–Trinajstić information content (AvgIpc) is 2.14. The van der Waals surface area contributed by atoms with Gasteiger partial charge in [-0.1, -0.05) is 17.5 Å². The number of rotatable bonds is 0. The summed E-state index contributed by atoms with van der Waals surface area (Å²) in [6.45, 7) is 0. The Bertz CT molecular complexity index is 485. The van der Waals surface area contributed by atoms with Crippen LogP contribution in [0.2, 0.25) is 5.02 Å². The van der Waals surface area contributed by atoms with E-state index in [1.807, 2.05) is 5.92 Å². The van der Waals surface area contributed by atoms with E-state index in [4.69, 9.17) is 17.3 Å². The van der Waals surface area contributed by atoms with Gasteiger partial charge in [0.25, 0.3) is 5.91 Å². The Kier molecular flexibility index (Phi) is 3.45. The SMILES string of the molecule is NC(=O)C#Cc1ccc(Cl)c(C(F)(F)F)c1. The van der Waals surface area contributed by atoms with Crippen molar-refractivity contribution in [2.45, 2.75) is 6.18 Å². The van der Waals surface area contributed by atoms with Crippen molar-refractivity contribution < 1.29 is 18.0 Å². The number of hydrogen-bond acceptors (Lipinski definition) is 1. The van der Waals surface area contributed by atoms with Crippen molar-refractivity contribution in [1.82, 2.24) is 0 Å². The lowest BCUT2D eigenvalue weighted by atomic mass is 10.1. The Balaban J connectivity index is 3.20. The highest BCUT2D eigenvalue weighted by Crippen LogP contribution is 2.34. The number of alkyl halides is 3. The van der Waals surface area contributed by atoms with Gasteiger partial charge in [-0.15, -0.1) is 0 Å². The lowest BCUT2D eigenvalue weighted by molar-refractivity contribution is -0.137. The first-order valence-electron chi connectivity index (χ1n) is 3.99. The van der Waals surface area contributed by atoms with Gasteiger partial charge in [0, 0.05) is 5.56 Å². The highest BCUT2D eigenvalue weighted by atomic mass is 35.5. The van der Waals surface area contributed by atoms with Crippen molar-refractivity contribution >= 4 is 17.5 Å². The van der Waals surface area contributed by atoms with Gasteiger partial charge in [-0.05, 0) is 24.1 Å². The summed E-state index contributed by atoms with van der Waals surface area (Å²) in [5.74, 6) is 3.23. The van der Waals surface area contributed by atoms with Gasteiger partial charge in [-0.2, -0.15) is 13.2 Å². The Hall–Kier alpha value is -1.67. The summed E-state index contributed by atoms with van der Waals surface area (Å²) in [5, 5.41) is -0.419. The fraction of sp³-hybridized carbons (Fsp3) is 0.100. The molecular formula is C10H5ClF3NO. The van der Waals surface area contributed by atoms with E-state index in [1.165, 1.54) is 6.07 Å². The number of nitrogens with two attached hydrogens (primary N) is 1. The maximum Gasteiger partial charge on any atom is 0.417 e. The molecule has 2 nitrogen and oxygen atoms in total. The molecule has 0 unspecified atom stereocenters. The predicted molar refractivity (Wildman–Crippen MR) is 52.5 cm³/mol. The zero-order valence-corrected chi connectivity index (χ0v) is 8.49. The molecule has 0 saturated heterocycles. The molecule has 1 aromatic carbocycles. The van der Waals surface area contributed by atoms with Crippen LogP contribution in [0.25, 0.3) is 0 Å². The molecule has 0 atom stereocenters. The minimum atomic E-state index is -4.55. The van der Waals surface area contributed by atoms with Gasteiger partial charge in [0.2, 0.25) is 0 Å². The van der Waals surface area contributed by atoms with E-state index in [0.717, 1.165) is 12.1 Å². The molecule has 0 aliphatic heterocycles. The molecule has 0 saturated carbocycles. The number of carbonyl (C=O) groups is 1. The summed E-state index contributed by atoms with van der Waals surface area (Å²) in [5.41, 5.74) is 3.76. The van der Waals surface area contributed by atoms with Crippen LogP contribution in [-0.4, -0.2) is 5.91 Å². The average molecular weight is 248 g/mol. The molecule has 1 aromatic rings. The maximum absolute atomic E-state index is 12.4. The van der Waals surface area contributed by atoms with Gasteiger partial charge in [-0.25, -0.2) is 0 Å². The van der Waals surface area contributed by atoms with Crippen molar-refractivity contribution in [2.75, 3.05) is 0 Å². The second-order valence-electron chi connectivity index (χ2n) is 2.81. The van der Waals surface area contributed by atoms with E-state index in [0.29, 0.717) is 0 Å². The lowest BCUT2D eigenvalue weighted by Crippen LogP contribution is -2.07. The van der Waals surface area contributed by atoms with Crippen molar-refractivity contribution in [3.8, 4) is 11.8 Å². The van der Waals surface area contributed by atoms with Crippen LogP contribution in [0.4, 0.5) is 13.2 Å². The van der Waals surface area contributed by atoms with E-state index >= 15 is 0 Å². The number of halogens is 4. The van der Waals surface area contributed by atoms with Crippen LogP contribution in [0.15, 0.2) is 18.2 Å². The number of hydrogen-bond donors (Lipinski definition) is 1. The van der Waals surface area contributed by atoms with Crippen LogP contribution in [-0.2, 0) is 11.0 Å². The summed E-state index contributed by atoms with van der Waals surface area (Å²) in [7, 11) is 0. The van der Waals surface area contributed by atoms with Crippen LogP contribution in [0, 0.1) is 11.8 Å². The molecule has 2 N–H and O–H groups in total. The number of benzene rings is 1. The van der Waals surface area contributed by atoms with Gasteiger partial charge in [0.1, 0.15) is 0 Å². The largest absolute Gasteiger partial charge is 0.417 e. The molecule has 1 amide bonds. The smallest absolute Gasteiger partial charge is 0.359 e. The summed E-state index contributed by atoms with van der Waals surface area (Å²) >= 11 is 5.38. The van der Waals surface area contributed by atoms with Crippen LogP contribution in [0.1, 0.15) is 11.1 Å². The Labute approximate surface area is 94.2 Å². The number of primary amides is 1. The molecule has 0 bridgehead atoms. The normalized spacial score (nSPS) is 10.5. The number of carbonyl (C=O) groups excluding carboxylic acids is 1. The maximum atomic E-state index is 12.4. The molecule has 0 aliphatic rings. The molecule has 16 heavy (non-hydrogen) atoms. The molecule has 0 aliphatic carbocycles. The third-order valence-electron chi connectivity index (χ3n) is 1.60. The first-order chi connectivity index (χ1) is 7.30. The zero-order chi connectivity index (χ0) is 12.3. The quantitative estimate of drug-likeness (QED) is 0.702. The molecule has 0 spiro atoms. The van der Waals surface area contributed by atoms with Gasteiger partial charge in [0.05, 0.1) is 10.6 Å². The Morgan fingerprint density at radius 1 is 1.38 bits per heavy atom. The standard InChI is InChI=1S/C10H5ClF3NO/c11-8-3-1-6(2-4-9(15)16)5-7(8)10(12,13)14/h1,3,5H,(H2,15,16). The van der Waals surface area contributed by atoms with E-state index in [1.54, 1.807) is 0 Å². The van der Waals surface area contributed by atoms with Crippen molar-refractivity contribution in [2.24, 2.45) is 5.73 Å². The summed E-state index contributed by atoms with van der Waals surface area (Å²) < 4.78 is 37.2. The second kappa shape index (κ2) is 4.45. The molecule has 1 rings (SSSR count). The molecule has 0 fully saturated rings. The van der Waals surface area contributed by atoms with Crippen LogP contribution >= 0.6 is 11.6 Å². The topological polar surface area (TPSA) is 43.1 Å². The monoisotopic (exact) mass is 247 g/mol. The van der Waals surface area contributed by atoms with Crippen molar-refractivity contribution in [3.05, 3.63) is 34.3 Å². The Morgan fingerprint density at radius 2 is 2.00 bits per heavy atom. The molecule has 0 aromatic heterocycles. The van der Waals surface area contributed by atoms with E-state index in [9.17, 15) is 18.0 Å². The van der Waals surface area contributed by atoms with Gasteiger partial charge >= 0.3 is 6.18 Å². The highest BCUT2D eigenvalue weighted by Gasteiger charge is 2.33. The summed E-state index contributed by atoms with van der Waals surface area (Å²) in [6.07, 6.45) is -4.55. The van der Waals surface area contributed by atoms with Crippen molar-refractivity contribution in [3.63, 3.8) is 0 Å². The van der Waals surface area contributed by atoms with Crippen LogP contribution < -0.4 is 5.73 Å². The predicted octanol–water partition coefficient (Wildman–Crippen LogP) is 2.20. The van der Waals surface area contributed by atoms with Gasteiger partial charge < -0.3 is 5.73 Å². The zero-order valence-electron chi connectivity index (χ0n) is 7.73. The van der Waals surface area contributed by atoms with Gasteiger partial charge in [-0.3, -0.25) is 4.79 Å². The first kappa shape index (κ1) is 12.4. The minimum absolute atomic E-state index is 0.0236. The molecule has 0 radical (unpaired) electrons. The van der Waals surface area contributed by atoms with E-state index in [2.05, 4.69) is 5.92 Å². The van der Waals surface area contributed by atoms with Crippen molar-refractivity contribution in [1.29, 1.82) is 0 Å². The molecule has 84 valence electrons.